The monoisotopic (exact) mass is 247 g/mol. The molecule has 1 aliphatic rings. The summed E-state index contributed by atoms with van der Waals surface area (Å²) in [5.41, 5.74) is 7.22. The van der Waals surface area contributed by atoms with Gasteiger partial charge in [0.2, 0.25) is 0 Å². The minimum Gasteiger partial charge on any atom is -0.343 e. The number of benzene rings is 2. The predicted octanol–water partition coefficient (Wildman–Crippen LogP) is 4.33. The van der Waals surface area contributed by atoms with Gasteiger partial charge in [-0.05, 0) is 36.5 Å². The largest absolute Gasteiger partial charge is 0.343 e. The highest BCUT2D eigenvalue weighted by molar-refractivity contribution is 5.92. The van der Waals surface area contributed by atoms with Crippen LogP contribution in [0.25, 0.3) is 22.2 Å². The summed E-state index contributed by atoms with van der Waals surface area (Å²) in [6, 6.07) is 17.7. The molecule has 0 aliphatic heterocycles. The lowest BCUT2D eigenvalue weighted by atomic mass is 10.0. The zero-order chi connectivity index (χ0) is 12.8. The van der Waals surface area contributed by atoms with Gasteiger partial charge in [0, 0.05) is 23.5 Å². The quantitative estimate of drug-likeness (QED) is 0.557. The van der Waals surface area contributed by atoms with Crippen LogP contribution in [0, 0.1) is 0 Å². The number of rotatable bonds is 0. The third-order valence-electron chi connectivity index (χ3n) is 4.36. The Kier molecular flexibility index (Phi) is 2.28. The standard InChI is InChI=1S/C18H17N/c1-19-17-12-5-4-10-15(17)16-11-6-8-13-7-2-3-9-14(13)18(16)19/h2-5,7,9-10,12H,6,8,11H2,1H3. The van der Waals surface area contributed by atoms with E-state index in [9.17, 15) is 0 Å². The number of hydrogen-bond donors (Lipinski definition) is 0. The van der Waals surface area contributed by atoms with Crippen LogP contribution in [0.15, 0.2) is 48.5 Å². The highest BCUT2D eigenvalue weighted by Gasteiger charge is 2.20. The number of aromatic nitrogens is 1. The number of hydrogen-bond acceptors (Lipinski definition) is 0. The Morgan fingerprint density at radius 2 is 1.68 bits per heavy atom. The molecule has 3 aromatic rings. The molecule has 19 heavy (non-hydrogen) atoms. The van der Waals surface area contributed by atoms with Gasteiger partial charge >= 0.3 is 0 Å². The molecule has 0 saturated carbocycles. The van der Waals surface area contributed by atoms with Crippen LogP contribution in [0.4, 0.5) is 0 Å². The minimum atomic E-state index is 1.19. The van der Waals surface area contributed by atoms with Crippen molar-refractivity contribution >= 4 is 10.9 Å². The lowest BCUT2D eigenvalue weighted by molar-refractivity contribution is 0.838. The molecule has 1 aromatic heterocycles. The zero-order valence-corrected chi connectivity index (χ0v) is 11.2. The second-order valence-corrected chi connectivity index (χ2v) is 5.41. The first kappa shape index (κ1) is 10.9. The molecule has 1 nitrogen and oxygen atoms in total. The smallest absolute Gasteiger partial charge is 0.0524 e. The number of aryl methyl sites for hydroxylation is 3. The van der Waals surface area contributed by atoms with Crippen molar-refractivity contribution in [3.63, 3.8) is 0 Å². The zero-order valence-electron chi connectivity index (χ0n) is 11.2. The van der Waals surface area contributed by atoms with Crippen molar-refractivity contribution in [2.24, 2.45) is 7.05 Å². The van der Waals surface area contributed by atoms with E-state index in [4.69, 9.17) is 0 Å². The fourth-order valence-corrected chi connectivity index (χ4v) is 3.49. The van der Waals surface area contributed by atoms with Crippen LogP contribution >= 0.6 is 0 Å². The molecule has 0 bridgehead atoms. The van der Waals surface area contributed by atoms with Crippen molar-refractivity contribution < 1.29 is 0 Å². The molecule has 1 heteroatoms. The average molecular weight is 247 g/mol. The fourth-order valence-electron chi connectivity index (χ4n) is 3.49. The fraction of sp³-hybridized carbons (Fsp3) is 0.222. The lowest BCUT2D eigenvalue weighted by Crippen LogP contribution is -1.94. The first-order valence-corrected chi connectivity index (χ1v) is 7.01. The maximum absolute atomic E-state index is 2.37. The van der Waals surface area contributed by atoms with Crippen molar-refractivity contribution in [2.75, 3.05) is 0 Å². The van der Waals surface area contributed by atoms with E-state index in [1.807, 2.05) is 0 Å². The van der Waals surface area contributed by atoms with E-state index < -0.39 is 0 Å². The van der Waals surface area contributed by atoms with Gasteiger partial charge in [-0.15, -0.1) is 0 Å². The van der Waals surface area contributed by atoms with Crippen molar-refractivity contribution in [1.82, 2.24) is 4.57 Å². The van der Waals surface area contributed by atoms with E-state index in [0.29, 0.717) is 0 Å². The topological polar surface area (TPSA) is 4.93 Å². The van der Waals surface area contributed by atoms with Crippen molar-refractivity contribution in [3.05, 3.63) is 59.7 Å². The van der Waals surface area contributed by atoms with E-state index >= 15 is 0 Å². The maximum Gasteiger partial charge on any atom is 0.0524 e. The summed E-state index contributed by atoms with van der Waals surface area (Å²) < 4.78 is 2.37. The second kappa shape index (κ2) is 3.99. The van der Waals surface area contributed by atoms with Crippen LogP contribution in [0.5, 0.6) is 0 Å². The Balaban J connectivity index is 2.15. The molecule has 94 valence electrons. The van der Waals surface area contributed by atoms with Crippen molar-refractivity contribution in [1.29, 1.82) is 0 Å². The molecule has 0 N–H and O–H groups in total. The molecular weight excluding hydrogens is 230 g/mol. The van der Waals surface area contributed by atoms with Gasteiger partial charge in [-0.3, -0.25) is 0 Å². The van der Waals surface area contributed by atoms with E-state index in [0.717, 1.165) is 0 Å². The summed E-state index contributed by atoms with van der Waals surface area (Å²) in [6.07, 6.45) is 3.63. The summed E-state index contributed by atoms with van der Waals surface area (Å²) >= 11 is 0. The first-order chi connectivity index (χ1) is 9.36. The van der Waals surface area contributed by atoms with Gasteiger partial charge in [0.25, 0.3) is 0 Å². The summed E-state index contributed by atoms with van der Waals surface area (Å²) in [6.45, 7) is 0. The molecule has 0 fully saturated rings. The maximum atomic E-state index is 2.37. The van der Waals surface area contributed by atoms with Gasteiger partial charge in [-0.25, -0.2) is 0 Å². The molecule has 0 spiro atoms. The molecule has 0 amide bonds. The van der Waals surface area contributed by atoms with Gasteiger partial charge < -0.3 is 4.57 Å². The molecular formula is C18H17N. The van der Waals surface area contributed by atoms with E-state index in [1.54, 1.807) is 0 Å². The summed E-state index contributed by atoms with van der Waals surface area (Å²) in [4.78, 5) is 0. The SMILES string of the molecule is Cn1c2c(c3ccccc31)CCCc1ccccc1-2. The summed E-state index contributed by atoms with van der Waals surface area (Å²) in [5, 5.41) is 1.43. The second-order valence-electron chi connectivity index (χ2n) is 5.41. The Hall–Kier alpha value is -2.02. The Labute approximate surface area is 113 Å². The van der Waals surface area contributed by atoms with Crippen LogP contribution in [0.1, 0.15) is 17.5 Å². The van der Waals surface area contributed by atoms with Crippen molar-refractivity contribution in [2.45, 2.75) is 19.3 Å². The molecule has 4 rings (SSSR count). The Morgan fingerprint density at radius 1 is 0.895 bits per heavy atom. The van der Waals surface area contributed by atoms with Crippen LogP contribution in [0.3, 0.4) is 0 Å². The Bertz CT molecular complexity index is 764. The number of fused-ring (bicyclic) bond motifs is 5. The molecule has 0 radical (unpaired) electrons. The molecule has 2 aromatic carbocycles. The predicted molar refractivity (Wildman–Crippen MR) is 80.4 cm³/mol. The van der Waals surface area contributed by atoms with Gasteiger partial charge in [-0.2, -0.15) is 0 Å². The van der Waals surface area contributed by atoms with E-state index in [2.05, 4.69) is 60.1 Å². The van der Waals surface area contributed by atoms with E-state index in [-0.39, 0.29) is 0 Å². The van der Waals surface area contributed by atoms with Crippen molar-refractivity contribution in [3.8, 4) is 11.3 Å². The van der Waals surface area contributed by atoms with Gasteiger partial charge in [0.1, 0.15) is 0 Å². The highest BCUT2D eigenvalue weighted by Crippen LogP contribution is 2.38. The van der Waals surface area contributed by atoms with Crippen LogP contribution < -0.4 is 0 Å². The van der Waals surface area contributed by atoms with Gasteiger partial charge in [-0.1, -0.05) is 42.5 Å². The summed E-state index contributed by atoms with van der Waals surface area (Å²) in [7, 11) is 2.20. The third kappa shape index (κ3) is 1.48. The molecule has 1 heterocycles. The van der Waals surface area contributed by atoms with Gasteiger partial charge in [0.05, 0.1) is 5.69 Å². The number of para-hydroxylation sites is 1. The number of nitrogens with zero attached hydrogens (tertiary/aromatic N) is 1. The summed E-state index contributed by atoms with van der Waals surface area (Å²) in [5.74, 6) is 0. The average Bonchev–Trinajstić information content (AvgIpc) is 2.62. The molecule has 1 aliphatic carbocycles. The normalized spacial score (nSPS) is 13.9. The minimum absolute atomic E-state index is 1.19. The molecule has 0 atom stereocenters. The van der Waals surface area contributed by atoms with E-state index in [1.165, 1.54) is 52.5 Å². The molecule has 0 unspecified atom stereocenters. The van der Waals surface area contributed by atoms with Crippen LogP contribution in [-0.2, 0) is 19.9 Å². The Morgan fingerprint density at radius 3 is 2.63 bits per heavy atom. The highest BCUT2D eigenvalue weighted by atomic mass is 15.0. The van der Waals surface area contributed by atoms with Gasteiger partial charge in [0.15, 0.2) is 0 Å². The lowest BCUT2D eigenvalue weighted by Gasteiger charge is -2.09. The van der Waals surface area contributed by atoms with Crippen LogP contribution in [0.2, 0.25) is 0 Å². The molecule has 0 saturated heterocycles. The van der Waals surface area contributed by atoms with Crippen LogP contribution in [-0.4, -0.2) is 4.57 Å². The first-order valence-electron chi connectivity index (χ1n) is 7.01. The third-order valence-corrected chi connectivity index (χ3v) is 4.36.